The Hall–Kier alpha value is -3.35. The fraction of sp³-hybridized carbons (Fsp3) is 0.457. The molecule has 3 aliphatic rings. The summed E-state index contributed by atoms with van der Waals surface area (Å²) in [5.41, 5.74) is 6.40. The van der Waals surface area contributed by atoms with Crippen molar-refractivity contribution in [2.45, 2.75) is 59.0 Å². The Labute approximate surface area is 246 Å². The summed E-state index contributed by atoms with van der Waals surface area (Å²) in [7, 11) is 1.80. The molecule has 41 heavy (non-hydrogen) atoms. The number of hydrogen-bond donors (Lipinski definition) is 0. The van der Waals surface area contributed by atoms with Crippen LogP contribution in [0.1, 0.15) is 56.2 Å². The second kappa shape index (κ2) is 14.5. The van der Waals surface area contributed by atoms with Crippen molar-refractivity contribution < 1.29 is 9.47 Å². The summed E-state index contributed by atoms with van der Waals surface area (Å²) in [5.74, 6) is 2.01. The highest BCUT2D eigenvalue weighted by Crippen LogP contribution is 2.35. The Bertz CT molecular complexity index is 1330. The second-order valence-corrected chi connectivity index (χ2v) is 10.9. The van der Waals surface area contributed by atoms with E-state index >= 15 is 0 Å². The number of piperazine rings is 1. The molecule has 3 heterocycles. The highest BCUT2D eigenvalue weighted by Gasteiger charge is 2.25. The van der Waals surface area contributed by atoms with Crippen LogP contribution in [0.15, 0.2) is 78.3 Å². The zero-order chi connectivity index (χ0) is 28.4. The lowest BCUT2D eigenvalue weighted by Gasteiger charge is -2.38. The van der Waals surface area contributed by atoms with Gasteiger partial charge in [-0.1, -0.05) is 56.3 Å². The third kappa shape index (κ3) is 7.11. The van der Waals surface area contributed by atoms with Gasteiger partial charge in [0.2, 0.25) is 0 Å². The first-order chi connectivity index (χ1) is 20.3. The van der Waals surface area contributed by atoms with E-state index in [1.54, 1.807) is 7.11 Å². The monoisotopic (exact) mass is 554 g/mol. The SMILES string of the molecule is CC.COC1=C(N2CCN(Cc3cc4c(c5ncccc35)OCN(CCCc3ccccc3)C4)CC2)CCCC=C1. The summed E-state index contributed by atoms with van der Waals surface area (Å²) < 4.78 is 12.1. The Morgan fingerprint density at radius 2 is 1.80 bits per heavy atom. The van der Waals surface area contributed by atoms with Crippen molar-refractivity contribution in [3.05, 3.63) is 95.0 Å². The van der Waals surface area contributed by atoms with E-state index in [0.29, 0.717) is 6.73 Å². The highest BCUT2D eigenvalue weighted by molar-refractivity contribution is 5.89. The molecule has 0 bridgehead atoms. The van der Waals surface area contributed by atoms with Gasteiger partial charge in [0.05, 0.1) is 12.8 Å². The third-order valence-corrected chi connectivity index (χ3v) is 8.28. The summed E-state index contributed by atoms with van der Waals surface area (Å²) in [5, 5.41) is 1.22. The van der Waals surface area contributed by atoms with Crippen LogP contribution in [0.25, 0.3) is 10.9 Å². The van der Waals surface area contributed by atoms with Gasteiger partial charge in [0.1, 0.15) is 18.0 Å². The van der Waals surface area contributed by atoms with Crippen molar-refractivity contribution in [1.29, 1.82) is 0 Å². The maximum Gasteiger partial charge on any atom is 0.152 e. The van der Waals surface area contributed by atoms with Crippen molar-refractivity contribution in [3.8, 4) is 5.75 Å². The standard InChI is InChI=1S/C33H40N4O2.C2H6/c1-38-31-15-7-3-6-14-30(31)37-20-18-35(19-21-37)23-27-22-28-24-36(17-9-12-26-10-4-2-5-11-26)25-39-33(28)32-29(27)13-8-16-34-32;1-2/h2,4-5,7-8,10-11,13,15-16,22H,3,6,9,12,14,17-21,23-25H2,1H3;1-2H3. The molecule has 6 rings (SSSR count). The Kier molecular flexibility index (Phi) is 10.3. The average molecular weight is 555 g/mol. The molecular formula is C35H46N4O2. The van der Waals surface area contributed by atoms with Gasteiger partial charge in [0.25, 0.3) is 0 Å². The normalized spacial score (nSPS) is 17.9. The lowest BCUT2D eigenvalue weighted by atomic mass is 10.0. The van der Waals surface area contributed by atoms with Crippen LogP contribution in [0, 0.1) is 0 Å². The summed E-state index contributed by atoms with van der Waals surface area (Å²) in [6, 6.07) is 17.4. The topological polar surface area (TPSA) is 41.1 Å². The third-order valence-electron chi connectivity index (χ3n) is 8.28. The molecule has 2 aliphatic heterocycles. The second-order valence-electron chi connectivity index (χ2n) is 10.9. The fourth-order valence-corrected chi connectivity index (χ4v) is 6.21. The fourth-order valence-electron chi connectivity index (χ4n) is 6.21. The Morgan fingerprint density at radius 3 is 2.61 bits per heavy atom. The number of methoxy groups -OCH3 is 1. The number of benzene rings is 2. The van der Waals surface area contributed by atoms with E-state index in [0.717, 1.165) is 88.5 Å². The van der Waals surface area contributed by atoms with Crippen molar-refractivity contribution >= 4 is 10.9 Å². The quantitative estimate of drug-likeness (QED) is 0.306. The molecule has 1 aromatic heterocycles. The van der Waals surface area contributed by atoms with E-state index < -0.39 is 0 Å². The van der Waals surface area contributed by atoms with Crippen LogP contribution in [-0.4, -0.2) is 66.2 Å². The number of rotatable bonds is 8. The minimum absolute atomic E-state index is 0.628. The molecule has 218 valence electrons. The van der Waals surface area contributed by atoms with Gasteiger partial charge < -0.3 is 14.4 Å². The zero-order valence-corrected chi connectivity index (χ0v) is 25.1. The minimum atomic E-state index is 0.628. The van der Waals surface area contributed by atoms with E-state index in [-0.39, 0.29) is 0 Å². The smallest absolute Gasteiger partial charge is 0.152 e. The molecule has 0 N–H and O–H groups in total. The lowest BCUT2D eigenvalue weighted by Crippen LogP contribution is -2.45. The molecule has 0 spiro atoms. The van der Waals surface area contributed by atoms with Gasteiger partial charge >= 0.3 is 0 Å². The van der Waals surface area contributed by atoms with Crippen LogP contribution in [0.4, 0.5) is 0 Å². The predicted molar refractivity (Wildman–Crippen MR) is 168 cm³/mol. The van der Waals surface area contributed by atoms with Gasteiger partial charge in [0, 0.05) is 63.0 Å². The highest BCUT2D eigenvalue weighted by atomic mass is 16.5. The molecule has 6 heteroatoms. The van der Waals surface area contributed by atoms with Crippen LogP contribution in [0.3, 0.4) is 0 Å². The van der Waals surface area contributed by atoms with Crippen LogP contribution in [-0.2, 0) is 24.2 Å². The molecule has 2 aromatic carbocycles. The molecule has 6 nitrogen and oxygen atoms in total. The molecule has 0 unspecified atom stereocenters. The average Bonchev–Trinajstić information content (AvgIpc) is 3.29. The molecule has 0 radical (unpaired) electrons. The number of aryl methyl sites for hydroxylation is 1. The molecular weight excluding hydrogens is 508 g/mol. The van der Waals surface area contributed by atoms with E-state index in [4.69, 9.17) is 14.5 Å². The number of nitrogens with zero attached hydrogens (tertiary/aromatic N) is 4. The number of aromatic nitrogens is 1. The summed E-state index contributed by atoms with van der Waals surface area (Å²) in [6.45, 7) is 11.7. The summed E-state index contributed by atoms with van der Waals surface area (Å²) >= 11 is 0. The van der Waals surface area contributed by atoms with E-state index in [1.165, 1.54) is 34.2 Å². The first-order valence-electron chi connectivity index (χ1n) is 15.5. The van der Waals surface area contributed by atoms with E-state index in [2.05, 4.69) is 69.3 Å². The van der Waals surface area contributed by atoms with Gasteiger partial charge in [-0.15, -0.1) is 0 Å². The van der Waals surface area contributed by atoms with Crippen LogP contribution in [0.5, 0.6) is 5.75 Å². The maximum absolute atomic E-state index is 6.33. The number of allylic oxidation sites excluding steroid dienone is 3. The maximum atomic E-state index is 6.33. The van der Waals surface area contributed by atoms with Crippen LogP contribution >= 0.6 is 0 Å². The van der Waals surface area contributed by atoms with E-state index in [9.17, 15) is 0 Å². The number of pyridine rings is 1. The zero-order valence-electron chi connectivity index (χ0n) is 25.1. The van der Waals surface area contributed by atoms with Crippen molar-refractivity contribution in [1.82, 2.24) is 19.7 Å². The van der Waals surface area contributed by atoms with Crippen molar-refractivity contribution in [2.24, 2.45) is 0 Å². The van der Waals surface area contributed by atoms with Crippen LogP contribution < -0.4 is 4.74 Å². The van der Waals surface area contributed by atoms with Gasteiger partial charge in [-0.25, -0.2) is 0 Å². The Balaban J connectivity index is 0.00000165. The largest absolute Gasteiger partial charge is 0.495 e. The first kappa shape index (κ1) is 29.2. The van der Waals surface area contributed by atoms with Gasteiger partial charge in [-0.2, -0.15) is 0 Å². The lowest BCUT2D eigenvalue weighted by molar-refractivity contribution is 0.0956. The number of ether oxygens (including phenoxy) is 2. The molecule has 0 saturated carbocycles. The van der Waals surface area contributed by atoms with Gasteiger partial charge in [-0.05, 0) is 61.4 Å². The summed E-state index contributed by atoms with van der Waals surface area (Å²) in [6.07, 6.45) is 11.9. The molecule has 0 atom stereocenters. The van der Waals surface area contributed by atoms with Crippen molar-refractivity contribution in [2.75, 3.05) is 46.6 Å². The molecule has 0 amide bonds. The molecule has 3 aromatic rings. The number of hydrogen-bond acceptors (Lipinski definition) is 6. The summed E-state index contributed by atoms with van der Waals surface area (Å²) in [4.78, 5) is 12.3. The van der Waals surface area contributed by atoms with Crippen molar-refractivity contribution in [3.63, 3.8) is 0 Å². The first-order valence-corrected chi connectivity index (χ1v) is 15.5. The molecule has 1 fully saturated rings. The van der Waals surface area contributed by atoms with Gasteiger partial charge in [-0.3, -0.25) is 14.8 Å². The number of fused-ring (bicyclic) bond motifs is 3. The predicted octanol–water partition coefficient (Wildman–Crippen LogP) is 6.76. The Morgan fingerprint density at radius 1 is 0.976 bits per heavy atom. The van der Waals surface area contributed by atoms with Gasteiger partial charge in [0.15, 0.2) is 5.75 Å². The van der Waals surface area contributed by atoms with E-state index in [1.807, 2.05) is 26.1 Å². The molecule has 1 aliphatic carbocycles. The van der Waals surface area contributed by atoms with Crippen LogP contribution in [0.2, 0.25) is 0 Å². The minimum Gasteiger partial charge on any atom is -0.495 e. The molecule has 1 saturated heterocycles.